The van der Waals surface area contributed by atoms with Crippen LogP contribution in [0.5, 0.6) is 0 Å². The summed E-state index contributed by atoms with van der Waals surface area (Å²) < 4.78 is 0. The van der Waals surface area contributed by atoms with Crippen LogP contribution >= 0.6 is 23.2 Å². The molecule has 1 unspecified atom stereocenters. The maximum Gasteiger partial charge on any atom is 0.140 e. The molecule has 0 amide bonds. The normalized spacial score (nSPS) is 11.6. The molecule has 0 spiro atoms. The van der Waals surface area contributed by atoms with Crippen molar-refractivity contribution < 1.29 is 0 Å². The lowest BCUT2D eigenvalue weighted by Gasteiger charge is -2.13. The molecule has 90 valence electrons. The van der Waals surface area contributed by atoms with Gasteiger partial charge in [-0.1, -0.05) is 35.3 Å². The van der Waals surface area contributed by atoms with Crippen molar-refractivity contribution in [1.29, 1.82) is 5.26 Å². The monoisotopic (exact) mass is 276 g/mol. The van der Waals surface area contributed by atoms with Crippen LogP contribution in [0.15, 0.2) is 48.5 Å². The summed E-state index contributed by atoms with van der Waals surface area (Å²) in [5.74, 6) is 0. The molecular formula is C14H10Cl2N2. The molecule has 0 fully saturated rings. The van der Waals surface area contributed by atoms with Gasteiger partial charge in [0.25, 0.3) is 0 Å². The van der Waals surface area contributed by atoms with Gasteiger partial charge in [0, 0.05) is 15.7 Å². The Balaban J connectivity index is 2.17. The highest BCUT2D eigenvalue weighted by Crippen LogP contribution is 2.22. The first-order chi connectivity index (χ1) is 8.69. The summed E-state index contributed by atoms with van der Waals surface area (Å²) in [6.45, 7) is 0. The number of nitrogens with zero attached hydrogens (tertiary/aromatic N) is 1. The Morgan fingerprint density at radius 2 is 1.39 bits per heavy atom. The van der Waals surface area contributed by atoms with Crippen LogP contribution in [0.25, 0.3) is 0 Å². The van der Waals surface area contributed by atoms with Crippen molar-refractivity contribution in [2.45, 2.75) is 6.04 Å². The Bertz CT molecular complexity index is 556. The number of nitriles is 1. The maximum absolute atomic E-state index is 9.19. The SMILES string of the molecule is N#CC(Nc1ccc(Cl)cc1)c1ccc(Cl)cc1. The molecule has 0 saturated carbocycles. The van der Waals surface area contributed by atoms with Crippen LogP contribution < -0.4 is 5.32 Å². The molecule has 0 aliphatic carbocycles. The molecule has 2 aromatic carbocycles. The van der Waals surface area contributed by atoms with E-state index in [4.69, 9.17) is 23.2 Å². The number of benzene rings is 2. The van der Waals surface area contributed by atoms with E-state index in [0.717, 1.165) is 11.3 Å². The standard InChI is InChI=1S/C14H10Cl2N2/c15-11-3-1-10(2-4-11)14(9-17)18-13-7-5-12(16)6-8-13/h1-8,14,18H. The van der Waals surface area contributed by atoms with Gasteiger partial charge in [0.2, 0.25) is 0 Å². The third kappa shape index (κ3) is 3.16. The van der Waals surface area contributed by atoms with Crippen molar-refractivity contribution >= 4 is 28.9 Å². The molecule has 0 aliphatic heterocycles. The van der Waals surface area contributed by atoms with Gasteiger partial charge in [0.1, 0.15) is 6.04 Å². The lowest BCUT2D eigenvalue weighted by atomic mass is 10.1. The second kappa shape index (κ2) is 5.77. The molecule has 0 aromatic heterocycles. The summed E-state index contributed by atoms with van der Waals surface area (Å²) in [5.41, 5.74) is 1.72. The zero-order chi connectivity index (χ0) is 13.0. The molecule has 2 rings (SSSR count). The number of nitrogens with one attached hydrogen (secondary N) is 1. The number of anilines is 1. The third-order valence-electron chi connectivity index (χ3n) is 2.49. The van der Waals surface area contributed by atoms with Crippen LogP contribution in [-0.4, -0.2) is 0 Å². The van der Waals surface area contributed by atoms with Crippen LogP contribution in [0.2, 0.25) is 10.0 Å². The van der Waals surface area contributed by atoms with Gasteiger partial charge in [-0.15, -0.1) is 0 Å². The van der Waals surface area contributed by atoms with E-state index in [9.17, 15) is 5.26 Å². The number of rotatable bonds is 3. The number of hydrogen-bond donors (Lipinski definition) is 1. The van der Waals surface area contributed by atoms with E-state index in [1.807, 2.05) is 24.3 Å². The molecule has 0 aliphatic rings. The molecule has 1 atom stereocenters. The van der Waals surface area contributed by atoms with E-state index in [-0.39, 0.29) is 0 Å². The second-order valence-corrected chi connectivity index (χ2v) is 4.64. The fraction of sp³-hybridized carbons (Fsp3) is 0.0714. The van der Waals surface area contributed by atoms with Crippen molar-refractivity contribution in [1.82, 2.24) is 0 Å². The highest BCUT2D eigenvalue weighted by atomic mass is 35.5. The lowest BCUT2D eigenvalue weighted by Crippen LogP contribution is -2.08. The first kappa shape index (κ1) is 12.8. The maximum atomic E-state index is 9.19. The van der Waals surface area contributed by atoms with Gasteiger partial charge in [-0.3, -0.25) is 0 Å². The topological polar surface area (TPSA) is 35.8 Å². The fourth-order valence-electron chi connectivity index (χ4n) is 1.56. The van der Waals surface area contributed by atoms with Crippen LogP contribution in [0.4, 0.5) is 5.69 Å². The van der Waals surface area contributed by atoms with Crippen molar-refractivity contribution in [3.05, 3.63) is 64.1 Å². The smallest absolute Gasteiger partial charge is 0.140 e. The third-order valence-corrected chi connectivity index (χ3v) is 2.99. The van der Waals surface area contributed by atoms with Crippen LogP contribution in [0.1, 0.15) is 11.6 Å². The average molecular weight is 277 g/mol. The van der Waals surface area contributed by atoms with Gasteiger partial charge in [0.15, 0.2) is 0 Å². The van der Waals surface area contributed by atoms with Gasteiger partial charge in [-0.05, 0) is 42.0 Å². The van der Waals surface area contributed by atoms with Gasteiger partial charge < -0.3 is 5.32 Å². The van der Waals surface area contributed by atoms with Gasteiger partial charge >= 0.3 is 0 Å². The minimum Gasteiger partial charge on any atom is -0.366 e. The molecule has 0 bridgehead atoms. The molecule has 18 heavy (non-hydrogen) atoms. The van der Waals surface area contributed by atoms with E-state index in [2.05, 4.69) is 11.4 Å². The highest BCUT2D eigenvalue weighted by Gasteiger charge is 2.09. The Morgan fingerprint density at radius 3 is 1.89 bits per heavy atom. The van der Waals surface area contributed by atoms with Gasteiger partial charge in [0.05, 0.1) is 6.07 Å². The Labute approximate surface area is 116 Å². The second-order valence-electron chi connectivity index (χ2n) is 3.76. The predicted molar refractivity (Wildman–Crippen MR) is 74.9 cm³/mol. The van der Waals surface area contributed by atoms with E-state index >= 15 is 0 Å². The van der Waals surface area contributed by atoms with Crippen molar-refractivity contribution in [2.75, 3.05) is 5.32 Å². The van der Waals surface area contributed by atoms with E-state index in [0.29, 0.717) is 10.0 Å². The van der Waals surface area contributed by atoms with Crippen LogP contribution in [0.3, 0.4) is 0 Å². The molecule has 2 nitrogen and oxygen atoms in total. The van der Waals surface area contributed by atoms with Gasteiger partial charge in [-0.25, -0.2) is 0 Å². The van der Waals surface area contributed by atoms with Crippen molar-refractivity contribution in [3.63, 3.8) is 0 Å². The van der Waals surface area contributed by atoms with Crippen LogP contribution in [-0.2, 0) is 0 Å². The first-order valence-electron chi connectivity index (χ1n) is 5.36. The zero-order valence-electron chi connectivity index (χ0n) is 9.40. The molecule has 2 aromatic rings. The van der Waals surface area contributed by atoms with Gasteiger partial charge in [-0.2, -0.15) is 5.26 Å². The number of halogens is 2. The quantitative estimate of drug-likeness (QED) is 0.884. The summed E-state index contributed by atoms with van der Waals surface area (Å²) in [7, 11) is 0. The first-order valence-corrected chi connectivity index (χ1v) is 6.12. The highest BCUT2D eigenvalue weighted by molar-refractivity contribution is 6.30. The summed E-state index contributed by atoms with van der Waals surface area (Å²) in [4.78, 5) is 0. The Hall–Kier alpha value is -1.69. The molecule has 0 heterocycles. The molecule has 0 saturated heterocycles. The minimum atomic E-state index is -0.413. The van der Waals surface area contributed by atoms with E-state index < -0.39 is 6.04 Å². The lowest BCUT2D eigenvalue weighted by molar-refractivity contribution is 0.998. The van der Waals surface area contributed by atoms with Crippen molar-refractivity contribution in [2.24, 2.45) is 0 Å². The predicted octanol–water partition coefficient (Wildman–Crippen LogP) is 4.67. The van der Waals surface area contributed by atoms with Crippen LogP contribution in [0, 0.1) is 11.3 Å². The number of hydrogen-bond acceptors (Lipinski definition) is 2. The summed E-state index contributed by atoms with van der Waals surface area (Å²) in [5, 5.41) is 13.6. The summed E-state index contributed by atoms with van der Waals surface area (Å²) in [6, 6.07) is 16.2. The Kier molecular flexibility index (Phi) is 4.09. The molecule has 4 heteroatoms. The molecular weight excluding hydrogens is 267 g/mol. The van der Waals surface area contributed by atoms with E-state index in [1.165, 1.54) is 0 Å². The zero-order valence-corrected chi connectivity index (χ0v) is 10.9. The largest absolute Gasteiger partial charge is 0.366 e. The van der Waals surface area contributed by atoms with E-state index in [1.54, 1.807) is 24.3 Å². The summed E-state index contributed by atoms with van der Waals surface area (Å²) in [6.07, 6.45) is 0. The molecule has 0 radical (unpaired) electrons. The fourth-order valence-corrected chi connectivity index (χ4v) is 1.81. The minimum absolute atomic E-state index is 0.413. The summed E-state index contributed by atoms with van der Waals surface area (Å²) >= 11 is 11.6. The van der Waals surface area contributed by atoms with Crippen molar-refractivity contribution in [3.8, 4) is 6.07 Å². The molecule has 1 N–H and O–H groups in total. The Morgan fingerprint density at radius 1 is 0.889 bits per heavy atom. The average Bonchev–Trinajstić information content (AvgIpc) is 2.39.